The maximum atomic E-state index is 12.3. The van der Waals surface area contributed by atoms with Crippen LogP contribution in [0.5, 0.6) is 0 Å². The first-order valence-corrected chi connectivity index (χ1v) is 10.7. The first-order valence-electron chi connectivity index (χ1n) is 10.7. The van der Waals surface area contributed by atoms with E-state index in [0.29, 0.717) is 43.4 Å². The van der Waals surface area contributed by atoms with Gasteiger partial charge in [-0.1, -0.05) is 44.2 Å². The van der Waals surface area contributed by atoms with Crippen molar-refractivity contribution in [2.45, 2.75) is 20.3 Å². The van der Waals surface area contributed by atoms with E-state index in [1.807, 2.05) is 61.2 Å². The van der Waals surface area contributed by atoms with Gasteiger partial charge in [-0.25, -0.2) is 14.8 Å². The van der Waals surface area contributed by atoms with Crippen LogP contribution < -0.4 is 10.2 Å². The summed E-state index contributed by atoms with van der Waals surface area (Å²) in [5.74, 6) is 0.760. The molecule has 164 valence electrons. The van der Waals surface area contributed by atoms with Crippen LogP contribution in [0.4, 0.5) is 11.5 Å². The zero-order valence-electron chi connectivity index (χ0n) is 18.2. The lowest BCUT2D eigenvalue weighted by Gasteiger charge is -2.18. The Balaban J connectivity index is 1.37. The molecular weight excluding hydrogens is 404 g/mol. The van der Waals surface area contributed by atoms with E-state index in [4.69, 9.17) is 4.74 Å². The second kappa shape index (κ2) is 9.60. The average molecular weight is 431 g/mol. The highest BCUT2D eigenvalue weighted by Crippen LogP contribution is 2.28. The van der Waals surface area contributed by atoms with Crippen LogP contribution in [0.2, 0.25) is 0 Å². The van der Waals surface area contributed by atoms with Crippen LogP contribution in [0.1, 0.15) is 29.8 Å². The van der Waals surface area contributed by atoms with Crippen molar-refractivity contribution in [1.82, 2.24) is 9.97 Å². The number of aromatic nitrogens is 2. The number of rotatable bonds is 8. The summed E-state index contributed by atoms with van der Waals surface area (Å²) in [4.78, 5) is 34.8. The zero-order valence-corrected chi connectivity index (χ0v) is 18.2. The number of para-hydroxylation sites is 1. The topological polar surface area (TPSA) is 84.4 Å². The van der Waals surface area contributed by atoms with Crippen molar-refractivity contribution in [3.63, 3.8) is 0 Å². The van der Waals surface area contributed by atoms with Gasteiger partial charge in [0.25, 0.3) is 0 Å². The van der Waals surface area contributed by atoms with E-state index in [1.165, 1.54) is 6.33 Å². The molecule has 0 bridgehead atoms. The van der Waals surface area contributed by atoms with Gasteiger partial charge >= 0.3 is 5.97 Å². The summed E-state index contributed by atoms with van der Waals surface area (Å²) in [6.07, 6.45) is 1.95. The molecule has 0 aliphatic carbocycles. The van der Waals surface area contributed by atoms with Crippen molar-refractivity contribution in [3.8, 4) is 11.3 Å². The molecule has 0 atom stereocenters. The van der Waals surface area contributed by atoms with E-state index in [9.17, 15) is 9.59 Å². The molecule has 2 heterocycles. The van der Waals surface area contributed by atoms with Crippen molar-refractivity contribution in [1.29, 1.82) is 0 Å². The van der Waals surface area contributed by atoms with Gasteiger partial charge in [-0.2, -0.15) is 0 Å². The summed E-state index contributed by atoms with van der Waals surface area (Å²) in [6, 6.07) is 16.9. The van der Waals surface area contributed by atoms with Crippen LogP contribution in [0, 0.1) is 5.92 Å². The molecule has 7 nitrogen and oxygen atoms in total. The third kappa shape index (κ3) is 4.94. The molecule has 1 aliphatic rings. The molecule has 0 unspecified atom stereocenters. The quantitative estimate of drug-likeness (QED) is 0.545. The smallest absolute Gasteiger partial charge is 0.338 e. The lowest BCUT2D eigenvalue weighted by Crippen LogP contribution is -2.31. The number of hydrogen-bond acceptors (Lipinski definition) is 6. The fourth-order valence-corrected chi connectivity index (χ4v) is 3.57. The van der Waals surface area contributed by atoms with Crippen molar-refractivity contribution < 1.29 is 14.3 Å². The molecule has 0 saturated heterocycles. The minimum Gasteiger partial charge on any atom is -0.462 e. The molecule has 0 saturated carbocycles. The first-order chi connectivity index (χ1) is 15.5. The molecular formula is C25H26N4O3. The van der Waals surface area contributed by atoms with Gasteiger partial charge in [0.1, 0.15) is 12.1 Å². The van der Waals surface area contributed by atoms with E-state index in [0.717, 1.165) is 22.5 Å². The van der Waals surface area contributed by atoms with Gasteiger partial charge in [-0.15, -0.1) is 0 Å². The molecule has 7 heteroatoms. The molecule has 0 fully saturated rings. The van der Waals surface area contributed by atoms with Gasteiger partial charge in [0.05, 0.1) is 24.3 Å². The standard InChI is InChI=1S/C25H26N4O3/c1-17(2)15-32-25(31)19-9-7-18(8-10-19)21-14-23(28-16-27-21)26-11-12-29-22-6-4-3-5-20(22)13-24(29)30/h3-10,14,16-17H,11-13,15H2,1-2H3,(H,26,27,28). The molecule has 0 radical (unpaired) electrons. The van der Waals surface area contributed by atoms with E-state index < -0.39 is 0 Å². The molecule has 32 heavy (non-hydrogen) atoms. The fourth-order valence-electron chi connectivity index (χ4n) is 3.57. The average Bonchev–Trinajstić information content (AvgIpc) is 3.13. The largest absolute Gasteiger partial charge is 0.462 e. The molecule has 3 aromatic rings. The number of ether oxygens (including phenoxy) is 1. The van der Waals surface area contributed by atoms with Crippen molar-refractivity contribution in [2.75, 3.05) is 29.9 Å². The SMILES string of the molecule is CC(C)COC(=O)c1ccc(-c2cc(NCCN3C(=O)Cc4ccccc43)ncn2)cc1. The maximum Gasteiger partial charge on any atom is 0.338 e. The normalized spacial score (nSPS) is 12.7. The van der Waals surface area contributed by atoms with Crippen LogP contribution in [0.3, 0.4) is 0 Å². The first kappa shape index (κ1) is 21.5. The van der Waals surface area contributed by atoms with E-state index >= 15 is 0 Å². The summed E-state index contributed by atoms with van der Waals surface area (Å²) < 4.78 is 5.27. The maximum absolute atomic E-state index is 12.3. The van der Waals surface area contributed by atoms with Gasteiger partial charge in [-0.05, 0) is 29.7 Å². The lowest BCUT2D eigenvalue weighted by atomic mass is 10.1. The number of hydrogen-bond donors (Lipinski definition) is 1. The van der Waals surface area contributed by atoms with Gasteiger partial charge in [-0.3, -0.25) is 4.79 Å². The number of nitrogens with zero attached hydrogens (tertiary/aromatic N) is 3. The second-order valence-electron chi connectivity index (χ2n) is 8.14. The van der Waals surface area contributed by atoms with Gasteiger partial charge in [0.15, 0.2) is 0 Å². The second-order valence-corrected chi connectivity index (χ2v) is 8.14. The predicted octanol–water partition coefficient (Wildman–Crippen LogP) is 3.96. The van der Waals surface area contributed by atoms with Crippen molar-refractivity contribution in [2.24, 2.45) is 5.92 Å². The van der Waals surface area contributed by atoms with Gasteiger partial charge in [0.2, 0.25) is 5.91 Å². The summed E-state index contributed by atoms with van der Waals surface area (Å²) in [5, 5.41) is 3.27. The molecule has 4 rings (SSSR count). The minimum absolute atomic E-state index is 0.114. The highest BCUT2D eigenvalue weighted by molar-refractivity contribution is 6.01. The number of anilines is 2. The fraction of sp³-hybridized carbons (Fsp3) is 0.280. The zero-order chi connectivity index (χ0) is 22.5. The Labute approximate surface area is 187 Å². The Morgan fingerprint density at radius 2 is 1.91 bits per heavy atom. The summed E-state index contributed by atoms with van der Waals surface area (Å²) in [5.41, 5.74) is 4.18. The van der Waals surface area contributed by atoms with E-state index in [2.05, 4.69) is 15.3 Å². The Morgan fingerprint density at radius 3 is 2.69 bits per heavy atom. The van der Waals surface area contributed by atoms with Gasteiger partial charge < -0.3 is 15.0 Å². The third-order valence-electron chi connectivity index (χ3n) is 5.20. The van der Waals surface area contributed by atoms with Crippen LogP contribution >= 0.6 is 0 Å². The van der Waals surface area contributed by atoms with Gasteiger partial charge in [0, 0.05) is 30.4 Å². The molecule has 1 aliphatic heterocycles. The monoisotopic (exact) mass is 430 g/mol. The molecule has 0 spiro atoms. The summed E-state index contributed by atoms with van der Waals surface area (Å²) >= 11 is 0. The number of nitrogens with one attached hydrogen (secondary N) is 1. The Hall–Kier alpha value is -3.74. The number of benzene rings is 2. The summed E-state index contributed by atoms with van der Waals surface area (Å²) in [6.45, 7) is 5.52. The van der Waals surface area contributed by atoms with Crippen LogP contribution in [-0.2, 0) is 16.0 Å². The molecule has 2 aromatic carbocycles. The Kier molecular flexibility index (Phi) is 6.44. The highest BCUT2D eigenvalue weighted by Gasteiger charge is 2.26. The predicted molar refractivity (Wildman–Crippen MR) is 124 cm³/mol. The molecule has 1 N–H and O–H groups in total. The number of amides is 1. The lowest BCUT2D eigenvalue weighted by molar-refractivity contribution is -0.117. The third-order valence-corrected chi connectivity index (χ3v) is 5.20. The summed E-state index contributed by atoms with van der Waals surface area (Å²) in [7, 11) is 0. The number of carbonyl (C=O) groups excluding carboxylic acids is 2. The van der Waals surface area contributed by atoms with Crippen molar-refractivity contribution in [3.05, 3.63) is 72.1 Å². The van der Waals surface area contributed by atoms with E-state index in [-0.39, 0.29) is 11.9 Å². The Morgan fingerprint density at radius 1 is 1.12 bits per heavy atom. The Bertz CT molecular complexity index is 1110. The number of carbonyl (C=O) groups is 2. The van der Waals surface area contributed by atoms with Crippen molar-refractivity contribution >= 4 is 23.4 Å². The van der Waals surface area contributed by atoms with Crippen LogP contribution in [0.25, 0.3) is 11.3 Å². The minimum atomic E-state index is -0.326. The molecule has 1 aromatic heterocycles. The highest BCUT2D eigenvalue weighted by atomic mass is 16.5. The number of fused-ring (bicyclic) bond motifs is 1. The van der Waals surface area contributed by atoms with Crippen LogP contribution in [0.15, 0.2) is 60.9 Å². The van der Waals surface area contributed by atoms with E-state index in [1.54, 1.807) is 12.1 Å². The molecule has 1 amide bonds. The number of esters is 1. The van der Waals surface area contributed by atoms with Crippen LogP contribution in [-0.4, -0.2) is 41.5 Å².